The molecule has 9 heteroatoms. The molecule has 0 aliphatic heterocycles. The number of amides is 1. The molecule has 0 radical (unpaired) electrons. The van der Waals surface area contributed by atoms with Crippen LogP contribution < -0.4 is 5.32 Å². The number of hydrogen-bond donors (Lipinski definition) is 1. The van der Waals surface area contributed by atoms with Gasteiger partial charge in [-0.2, -0.15) is 0 Å². The molecule has 0 aliphatic rings. The number of nitrogens with one attached hydrogen (secondary N) is 1. The van der Waals surface area contributed by atoms with Crippen LogP contribution >= 0.6 is 11.6 Å². The Bertz CT molecular complexity index is 787. The molecule has 0 aliphatic carbocycles. The van der Waals surface area contributed by atoms with E-state index in [4.69, 9.17) is 16.0 Å². The normalized spacial score (nSPS) is 11.4. The van der Waals surface area contributed by atoms with Crippen molar-refractivity contribution in [2.75, 3.05) is 0 Å². The molecule has 0 fully saturated rings. The first kappa shape index (κ1) is 18.4. The first-order chi connectivity index (χ1) is 11.4. The highest BCUT2D eigenvalue weighted by Gasteiger charge is 2.23. The highest BCUT2D eigenvalue weighted by atomic mass is 35.5. The molecular weight excluding hydrogens is 354 g/mol. The number of aromatic nitrogens is 2. The summed E-state index contributed by atoms with van der Waals surface area (Å²) in [7, 11) is -3.75. The molecule has 0 saturated carbocycles. The predicted octanol–water partition coefficient (Wildman–Crippen LogP) is 2.50. The highest BCUT2D eigenvalue weighted by molar-refractivity contribution is 7.90. The lowest BCUT2D eigenvalue weighted by molar-refractivity contribution is -0.121. The molecule has 130 valence electrons. The summed E-state index contributed by atoms with van der Waals surface area (Å²) < 4.78 is 29.7. The standard InChI is InChI=1S/C15H18ClN3O4S/c1-2-3-4-13(20)17-9-14-18-19-15(23-14)24(21,22)10-11-5-7-12(16)8-6-11/h5-8H,2-4,9-10H2,1H3,(H,17,20). The summed E-state index contributed by atoms with van der Waals surface area (Å²) in [6.45, 7) is 2.00. The lowest BCUT2D eigenvalue weighted by Gasteiger charge is -2.01. The zero-order valence-electron chi connectivity index (χ0n) is 13.2. The number of unbranched alkanes of at least 4 members (excludes halogenated alkanes) is 1. The van der Waals surface area contributed by atoms with Gasteiger partial charge in [-0.1, -0.05) is 42.2 Å². The van der Waals surface area contributed by atoms with Crippen molar-refractivity contribution in [2.45, 2.75) is 43.7 Å². The third-order valence-corrected chi connectivity index (χ3v) is 4.84. The van der Waals surface area contributed by atoms with Crippen LogP contribution in [0, 0.1) is 0 Å². The summed E-state index contributed by atoms with van der Waals surface area (Å²) in [4.78, 5) is 11.5. The monoisotopic (exact) mass is 371 g/mol. The van der Waals surface area contributed by atoms with Gasteiger partial charge in [0.1, 0.15) is 0 Å². The molecule has 1 heterocycles. The number of sulfone groups is 1. The van der Waals surface area contributed by atoms with Gasteiger partial charge in [0.25, 0.3) is 0 Å². The molecule has 7 nitrogen and oxygen atoms in total. The van der Waals surface area contributed by atoms with E-state index in [1.807, 2.05) is 6.92 Å². The SMILES string of the molecule is CCCCC(=O)NCc1nnc(S(=O)(=O)Cc2ccc(Cl)cc2)o1. The van der Waals surface area contributed by atoms with Crippen molar-refractivity contribution >= 4 is 27.3 Å². The fourth-order valence-electron chi connectivity index (χ4n) is 1.90. The predicted molar refractivity (Wildman–Crippen MR) is 88.0 cm³/mol. The molecule has 0 bridgehead atoms. The second-order valence-electron chi connectivity index (χ2n) is 5.23. The zero-order chi connectivity index (χ0) is 17.6. The van der Waals surface area contributed by atoms with Crippen molar-refractivity contribution in [2.24, 2.45) is 0 Å². The molecule has 1 aromatic heterocycles. The van der Waals surface area contributed by atoms with Crippen LogP contribution in [-0.2, 0) is 26.9 Å². The molecule has 0 atom stereocenters. The van der Waals surface area contributed by atoms with Crippen molar-refractivity contribution in [3.05, 3.63) is 40.7 Å². The maximum atomic E-state index is 12.3. The summed E-state index contributed by atoms with van der Waals surface area (Å²) in [6.07, 6.45) is 2.11. The van der Waals surface area contributed by atoms with Gasteiger partial charge in [0.2, 0.25) is 21.6 Å². The van der Waals surface area contributed by atoms with Crippen molar-refractivity contribution in [1.29, 1.82) is 0 Å². The molecule has 2 rings (SSSR count). The van der Waals surface area contributed by atoms with Gasteiger partial charge in [0.05, 0.1) is 12.3 Å². The lowest BCUT2D eigenvalue weighted by atomic mass is 10.2. The summed E-state index contributed by atoms with van der Waals surface area (Å²) in [5.41, 5.74) is 0.562. The minimum absolute atomic E-state index is 0.00596. The third-order valence-electron chi connectivity index (χ3n) is 3.18. The van der Waals surface area contributed by atoms with Crippen LogP contribution in [0.4, 0.5) is 0 Å². The average Bonchev–Trinajstić information content (AvgIpc) is 3.03. The van der Waals surface area contributed by atoms with E-state index in [0.717, 1.165) is 12.8 Å². The van der Waals surface area contributed by atoms with Crippen molar-refractivity contribution in [1.82, 2.24) is 15.5 Å². The Morgan fingerprint density at radius 2 is 1.96 bits per heavy atom. The fraction of sp³-hybridized carbons (Fsp3) is 0.400. The molecule has 24 heavy (non-hydrogen) atoms. The van der Waals surface area contributed by atoms with E-state index in [1.54, 1.807) is 24.3 Å². The number of halogens is 1. The van der Waals surface area contributed by atoms with Gasteiger partial charge in [0, 0.05) is 11.4 Å². The number of nitrogens with zero attached hydrogens (tertiary/aromatic N) is 2. The van der Waals surface area contributed by atoms with Crippen LogP contribution in [-0.4, -0.2) is 24.5 Å². The molecule has 0 saturated heterocycles. The maximum Gasteiger partial charge on any atom is 0.335 e. The Kier molecular flexibility index (Phi) is 6.33. The molecule has 1 N–H and O–H groups in total. The van der Waals surface area contributed by atoms with Crippen LogP contribution in [0.2, 0.25) is 5.02 Å². The van der Waals surface area contributed by atoms with Crippen LogP contribution in [0.5, 0.6) is 0 Å². The van der Waals surface area contributed by atoms with Gasteiger partial charge in [-0.25, -0.2) is 8.42 Å². The lowest BCUT2D eigenvalue weighted by Crippen LogP contribution is -2.22. The van der Waals surface area contributed by atoms with Crippen LogP contribution in [0.1, 0.15) is 37.6 Å². The molecule has 1 aromatic carbocycles. The Hall–Kier alpha value is -1.93. The van der Waals surface area contributed by atoms with Gasteiger partial charge in [-0.05, 0) is 24.1 Å². The second-order valence-corrected chi connectivity index (χ2v) is 7.53. The van der Waals surface area contributed by atoms with Crippen molar-refractivity contribution in [3.63, 3.8) is 0 Å². The second kappa shape index (κ2) is 8.25. The van der Waals surface area contributed by atoms with Gasteiger partial charge < -0.3 is 9.73 Å². The first-order valence-corrected chi connectivity index (χ1v) is 9.50. The van der Waals surface area contributed by atoms with E-state index < -0.39 is 15.1 Å². The molecular formula is C15H18ClN3O4S. The Morgan fingerprint density at radius 3 is 2.62 bits per heavy atom. The van der Waals surface area contributed by atoms with Gasteiger partial charge in [-0.15, -0.1) is 5.10 Å². The number of benzene rings is 1. The van der Waals surface area contributed by atoms with E-state index in [0.29, 0.717) is 17.0 Å². The third kappa shape index (κ3) is 5.31. The zero-order valence-corrected chi connectivity index (χ0v) is 14.7. The summed E-state index contributed by atoms with van der Waals surface area (Å²) in [5, 5.41) is 9.89. The quantitative estimate of drug-likeness (QED) is 0.764. The summed E-state index contributed by atoms with van der Waals surface area (Å²) in [6, 6.07) is 6.45. The van der Waals surface area contributed by atoms with Crippen molar-refractivity contribution in [3.8, 4) is 0 Å². The summed E-state index contributed by atoms with van der Waals surface area (Å²) in [5.74, 6) is -0.357. The fourth-order valence-corrected chi connectivity index (χ4v) is 3.17. The minimum Gasteiger partial charge on any atom is -0.411 e. The van der Waals surface area contributed by atoms with E-state index in [1.165, 1.54) is 0 Å². The highest BCUT2D eigenvalue weighted by Crippen LogP contribution is 2.17. The molecule has 0 unspecified atom stereocenters. The van der Waals surface area contributed by atoms with Crippen molar-refractivity contribution < 1.29 is 17.6 Å². The number of carbonyl (C=O) groups excluding carboxylic acids is 1. The first-order valence-electron chi connectivity index (χ1n) is 7.47. The van der Waals surface area contributed by atoms with E-state index in [-0.39, 0.29) is 24.1 Å². The van der Waals surface area contributed by atoms with Gasteiger partial charge >= 0.3 is 5.22 Å². The Labute approximate surface area is 145 Å². The molecule has 2 aromatic rings. The van der Waals surface area contributed by atoms with Crippen LogP contribution in [0.25, 0.3) is 0 Å². The largest absolute Gasteiger partial charge is 0.411 e. The number of rotatable bonds is 8. The van der Waals surface area contributed by atoms with Crippen LogP contribution in [0.3, 0.4) is 0 Å². The van der Waals surface area contributed by atoms with E-state index in [2.05, 4.69) is 15.5 Å². The van der Waals surface area contributed by atoms with E-state index >= 15 is 0 Å². The number of carbonyl (C=O) groups is 1. The van der Waals surface area contributed by atoms with Gasteiger partial charge in [0.15, 0.2) is 0 Å². The average molecular weight is 372 g/mol. The van der Waals surface area contributed by atoms with Gasteiger partial charge in [-0.3, -0.25) is 4.79 Å². The maximum absolute atomic E-state index is 12.3. The Morgan fingerprint density at radius 1 is 1.25 bits per heavy atom. The summed E-state index contributed by atoms with van der Waals surface area (Å²) >= 11 is 5.77. The topological polar surface area (TPSA) is 102 Å². The number of hydrogen-bond acceptors (Lipinski definition) is 6. The Balaban J connectivity index is 1.98. The van der Waals surface area contributed by atoms with E-state index in [9.17, 15) is 13.2 Å². The smallest absolute Gasteiger partial charge is 0.335 e. The minimum atomic E-state index is -3.75. The molecule has 0 spiro atoms. The molecule has 1 amide bonds. The van der Waals surface area contributed by atoms with Crippen LogP contribution in [0.15, 0.2) is 33.9 Å².